The molecule has 0 saturated carbocycles. The number of aromatic nitrogens is 4. The van der Waals surface area contributed by atoms with E-state index in [4.69, 9.17) is 35.4 Å². The third kappa shape index (κ3) is 1.89. The molecule has 0 amide bonds. The van der Waals surface area contributed by atoms with Crippen molar-refractivity contribution < 1.29 is 0 Å². The number of benzene rings is 1. The molecule has 0 spiro atoms. The Morgan fingerprint density at radius 1 is 1.32 bits per heavy atom. The Morgan fingerprint density at radius 3 is 2.74 bits per heavy atom. The van der Waals surface area contributed by atoms with Crippen LogP contribution in [-0.4, -0.2) is 19.3 Å². The van der Waals surface area contributed by atoms with Crippen LogP contribution in [0.4, 0.5) is 0 Å². The van der Waals surface area contributed by atoms with Crippen LogP contribution in [0.15, 0.2) is 18.2 Å². The molecule has 2 aromatic heterocycles. The highest BCUT2D eigenvalue weighted by molar-refractivity contribution is 7.71. The van der Waals surface area contributed by atoms with E-state index in [0.29, 0.717) is 14.8 Å². The van der Waals surface area contributed by atoms with Crippen molar-refractivity contribution in [3.8, 4) is 5.69 Å². The number of hydrogen-bond donors (Lipinski definition) is 1. The molecule has 98 valence electrons. The summed E-state index contributed by atoms with van der Waals surface area (Å²) in [6.45, 7) is 1.93. The van der Waals surface area contributed by atoms with Crippen LogP contribution < -0.4 is 0 Å². The normalized spacial score (nSPS) is 11.4. The Bertz CT molecular complexity index is 843. The Labute approximate surface area is 124 Å². The second-order valence-electron chi connectivity index (χ2n) is 4.27. The van der Waals surface area contributed by atoms with Gasteiger partial charge in [0.15, 0.2) is 10.4 Å². The van der Waals surface area contributed by atoms with Crippen molar-refractivity contribution in [2.24, 2.45) is 7.05 Å². The molecular weight excluding hydrogens is 303 g/mol. The quantitative estimate of drug-likeness (QED) is 0.689. The molecule has 1 aromatic carbocycles. The lowest BCUT2D eigenvalue weighted by Gasteiger charge is -2.07. The van der Waals surface area contributed by atoms with Crippen molar-refractivity contribution in [2.45, 2.75) is 6.92 Å². The Morgan fingerprint density at radius 2 is 2.05 bits per heavy atom. The molecule has 0 aliphatic rings. The average Bonchev–Trinajstić information content (AvgIpc) is 2.79. The Balaban J connectivity index is 2.42. The Kier molecular flexibility index (Phi) is 2.92. The van der Waals surface area contributed by atoms with Gasteiger partial charge in [-0.25, -0.2) is 4.68 Å². The molecule has 0 fully saturated rings. The standard InChI is InChI=1S/C12H10Cl2N4S/c1-6-10-11(17(2)16-6)18(12(19)15-10)9-4-3-7(13)5-8(9)14/h3-5H,1-2H3,(H,15,19). The van der Waals surface area contributed by atoms with Crippen molar-refractivity contribution in [2.75, 3.05) is 0 Å². The van der Waals surface area contributed by atoms with E-state index < -0.39 is 0 Å². The van der Waals surface area contributed by atoms with Crippen LogP contribution in [0.2, 0.25) is 10.0 Å². The molecule has 3 rings (SSSR count). The van der Waals surface area contributed by atoms with Gasteiger partial charge in [0.25, 0.3) is 0 Å². The summed E-state index contributed by atoms with van der Waals surface area (Å²) >= 11 is 17.6. The Hall–Kier alpha value is -1.30. The van der Waals surface area contributed by atoms with Gasteiger partial charge in [-0.15, -0.1) is 0 Å². The minimum atomic E-state index is 0.545. The van der Waals surface area contributed by atoms with Gasteiger partial charge in [0.1, 0.15) is 5.52 Å². The fourth-order valence-corrected chi connectivity index (χ4v) is 2.97. The van der Waals surface area contributed by atoms with E-state index in [-0.39, 0.29) is 0 Å². The topological polar surface area (TPSA) is 38.5 Å². The lowest BCUT2D eigenvalue weighted by Crippen LogP contribution is -2.01. The predicted molar refractivity (Wildman–Crippen MR) is 80.0 cm³/mol. The SMILES string of the molecule is Cc1nn(C)c2c1[nH]c(=S)n2-c1ccc(Cl)cc1Cl. The molecule has 19 heavy (non-hydrogen) atoms. The van der Waals surface area contributed by atoms with Gasteiger partial charge in [-0.2, -0.15) is 5.10 Å². The maximum atomic E-state index is 6.26. The number of halogens is 2. The van der Waals surface area contributed by atoms with E-state index >= 15 is 0 Å². The molecule has 0 unspecified atom stereocenters. The van der Waals surface area contributed by atoms with Crippen molar-refractivity contribution >= 4 is 46.6 Å². The van der Waals surface area contributed by atoms with Crippen molar-refractivity contribution in [1.29, 1.82) is 0 Å². The largest absolute Gasteiger partial charge is 0.327 e. The van der Waals surface area contributed by atoms with Gasteiger partial charge in [0.05, 0.1) is 16.4 Å². The first kappa shape index (κ1) is 12.7. The molecule has 7 heteroatoms. The van der Waals surface area contributed by atoms with Gasteiger partial charge in [0.2, 0.25) is 0 Å². The molecule has 4 nitrogen and oxygen atoms in total. The number of nitrogens with zero attached hydrogens (tertiary/aromatic N) is 3. The summed E-state index contributed by atoms with van der Waals surface area (Å²) in [6, 6.07) is 5.32. The van der Waals surface area contributed by atoms with E-state index in [2.05, 4.69) is 10.1 Å². The first-order valence-electron chi connectivity index (χ1n) is 5.59. The van der Waals surface area contributed by atoms with E-state index in [1.807, 2.05) is 24.6 Å². The fourth-order valence-electron chi connectivity index (χ4n) is 2.19. The summed E-state index contributed by atoms with van der Waals surface area (Å²) in [5, 5.41) is 5.51. The first-order chi connectivity index (χ1) is 8.99. The fraction of sp³-hybridized carbons (Fsp3) is 0.167. The molecular formula is C12H10Cl2N4S. The minimum Gasteiger partial charge on any atom is -0.327 e. The summed E-state index contributed by atoms with van der Waals surface area (Å²) in [7, 11) is 1.87. The lowest BCUT2D eigenvalue weighted by molar-refractivity contribution is 0.759. The highest BCUT2D eigenvalue weighted by atomic mass is 35.5. The van der Waals surface area contributed by atoms with E-state index in [0.717, 1.165) is 22.5 Å². The van der Waals surface area contributed by atoms with Crippen molar-refractivity contribution in [1.82, 2.24) is 19.3 Å². The number of fused-ring (bicyclic) bond motifs is 1. The number of aromatic amines is 1. The molecule has 1 N–H and O–H groups in total. The smallest absolute Gasteiger partial charge is 0.184 e. The van der Waals surface area contributed by atoms with Gasteiger partial charge < -0.3 is 4.98 Å². The molecule has 0 atom stereocenters. The maximum absolute atomic E-state index is 6.26. The number of hydrogen-bond acceptors (Lipinski definition) is 2. The summed E-state index contributed by atoms with van der Waals surface area (Å²) < 4.78 is 4.22. The zero-order chi connectivity index (χ0) is 13.7. The van der Waals surface area contributed by atoms with E-state index in [9.17, 15) is 0 Å². The van der Waals surface area contributed by atoms with Crippen LogP contribution >= 0.6 is 35.4 Å². The number of rotatable bonds is 1. The van der Waals surface area contributed by atoms with Crippen molar-refractivity contribution in [3.63, 3.8) is 0 Å². The second kappa shape index (κ2) is 4.37. The third-order valence-corrected chi connectivity index (χ3v) is 3.81. The molecule has 0 aliphatic carbocycles. The molecule has 3 aromatic rings. The van der Waals surface area contributed by atoms with Gasteiger partial charge in [0, 0.05) is 12.1 Å². The highest BCUT2D eigenvalue weighted by Crippen LogP contribution is 2.28. The number of nitrogens with one attached hydrogen (secondary N) is 1. The van der Waals surface area contributed by atoms with Crippen LogP contribution in [0.3, 0.4) is 0 Å². The van der Waals surface area contributed by atoms with Gasteiger partial charge in [-0.05, 0) is 37.3 Å². The summed E-state index contributed by atoms with van der Waals surface area (Å²) in [5.41, 5.74) is 3.47. The lowest BCUT2D eigenvalue weighted by atomic mass is 10.3. The van der Waals surface area contributed by atoms with Crippen LogP contribution in [0, 0.1) is 11.7 Å². The van der Waals surface area contributed by atoms with Crippen molar-refractivity contribution in [3.05, 3.63) is 38.7 Å². The first-order valence-corrected chi connectivity index (χ1v) is 6.75. The monoisotopic (exact) mass is 312 g/mol. The highest BCUT2D eigenvalue weighted by Gasteiger charge is 2.15. The van der Waals surface area contributed by atoms with Crippen LogP contribution in [0.5, 0.6) is 0 Å². The zero-order valence-electron chi connectivity index (χ0n) is 10.2. The number of H-pyrrole nitrogens is 1. The van der Waals surface area contributed by atoms with Gasteiger partial charge in [-0.1, -0.05) is 23.2 Å². The zero-order valence-corrected chi connectivity index (χ0v) is 12.6. The third-order valence-electron chi connectivity index (χ3n) is 2.99. The minimum absolute atomic E-state index is 0.545. The summed E-state index contributed by atoms with van der Waals surface area (Å²) in [5.74, 6) is 0. The van der Waals surface area contributed by atoms with Crippen LogP contribution in [0.25, 0.3) is 16.9 Å². The molecule has 0 radical (unpaired) electrons. The van der Waals surface area contributed by atoms with Crippen LogP contribution in [-0.2, 0) is 7.05 Å². The van der Waals surface area contributed by atoms with Gasteiger partial charge >= 0.3 is 0 Å². The number of imidazole rings is 1. The molecule has 2 heterocycles. The van der Waals surface area contributed by atoms with Gasteiger partial charge in [-0.3, -0.25) is 4.57 Å². The average molecular weight is 313 g/mol. The maximum Gasteiger partial charge on any atom is 0.184 e. The molecule has 0 aliphatic heterocycles. The number of aryl methyl sites for hydroxylation is 2. The summed E-state index contributed by atoms with van der Waals surface area (Å²) in [6.07, 6.45) is 0. The summed E-state index contributed by atoms with van der Waals surface area (Å²) in [4.78, 5) is 3.16. The van der Waals surface area contributed by atoms with E-state index in [1.54, 1.807) is 16.8 Å². The van der Waals surface area contributed by atoms with Crippen LogP contribution in [0.1, 0.15) is 5.69 Å². The predicted octanol–water partition coefficient (Wildman–Crippen LogP) is 4.04. The van der Waals surface area contributed by atoms with E-state index in [1.165, 1.54) is 0 Å². The molecule has 0 saturated heterocycles. The molecule has 0 bridgehead atoms. The second-order valence-corrected chi connectivity index (χ2v) is 5.50.